The zero-order chi connectivity index (χ0) is 37.4. The van der Waals surface area contributed by atoms with E-state index in [1.807, 2.05) is 73.6 Å². The standard InChI is InChI=1S/C41H54O9/c1-22(2)14-13-19-38(11)20-18-26-30(42)29-32(27(31(26)47-38)16-15-23(3)4)48-39(12)40(50-37(8,9)10,21-17-25(7)36(45)46)33(43)28(24(5)6)35-41(39,49-35)34(29)44/h14-15,17-18,20,24,28,35,42H,13,16,19,21H2,1-12H3,(H,45,46)/b25-17-. The molecule has 1 aromatic carbocycles. The number of phenolic OH excluding ortho intramolecular Hbond substituents is 1. The number of benzene rings is 1. The number of carbonyl (C=O) groups excluding carboxylic acids is 2. The highest BCUT2D eigenvalue weighted by molar-refractivity contribution is 6.15. The fourth-order valence-electron chi connectivity index (χ4n) is 7.97. The Hall–Kier alpha value is -3.69. The van der Waals surface area contributed by atoms with E-state index in [0.29, 0.717) is 29.7 Å². The minimum absolute atomic E-state index is 0.0129. The number of hydrogen-bond acceptors (Lipinski definition) is 8. The molecule has 0 aromatic heterocycles. The molecule has 0 radical (unpaired) electrons. The Morgan fingerprint density at radius 2 is 1.64 bits per heavy atom. The van der Waals surface area contributed by atoms with Crippen LogP contribution in [0.15, 0.2) is 41.0 Å². The number of allylic oxidation sites excluding steroid dienone is 4. The molecule has 50 heavy (non-hydrogen) atoms. The second kappa shape index (κ2) is 12.5. The molecule has 1 spiro atoms. The minimum atomic E-state index is -1.85. The van der Waals surface area contributed by atoms with Gasteiger partial charge in [0.2, 0.25) is 11.4 Å². The van der Waals surface area contributed by atoms with Crippen LogP contribution in [0.1, 0.15) is 124 Å². The van der Waals surface area contributed by atoms with Crippen LogP contribution in [0, 0.1) is 11.8 Å². The average molecular weight is 691 g/mol. The number of ether oxygens (including phenoxy) is 4. The number of hydrogen-bond donors (Lipinski definition) is 2. The van der Waals surface area contributed by atoms with Gasteiger partial charge in [-0.15, -0.1) is 0 Å². The molecule has 1 saturated carbocycles. The van der Waals surface area contributed by atoms with Gasteiger partial charge in [0.1, 0.15) is 34.5 Å². The second-order valence-electron chi connectivity index (χ2n) is 16.6. The largest absolute Gasteiger partial charge is 0.506 e. The predicted octanol–water partition coefficient (Wildman–Crippen LogP) is 8.11. The van der Waals surface area contributed by atoms with Crippen LogP contribution in [0.2, 0.25) is 0 Å². The maximum atomic E-state index is 15.2. The molecule has 1 aromatic rings. The molecule has 9 heteroatoms. The van der Waals surface area contributed by atoms with Gasteiger partial charge in [0, 0.05) is 17.6 Å². The highest BCUT2D eigenvalue weighted by atomic mass is 16.7. The highest BCUT2D eigenvalue weighted by Crippen LogP contribution is 2.68. The van der Waals surface area contributed by atoms with E-state index < -0.39 is 51.8 Å². The van der Waals surface area contributed by atoms with E-state index in [1.54, 1.807) is 6.92 Å². The number of carboxylic acids is 1. The zero-order valence-corrected chi connectivity index (χ0v) is 31.7. The number of Topliss-reactive ketones (excluding diaryl/α,β-unsaturated/α-hetero) is 2. The molecule has 2 N–H and O–H groups in total. The van der Waals surface area contributed by atoms with Gasteiger partial charge in [-0.2, -0.15) is 0 Å². The summed E-state index contributed by atoms with van der Waals surface area (Å²) in [6, 6.07) is 0. The Morgan fingerprint density at radius 1 is 1.00 bits per heavy atom. The van der Waals surface area contributed by atoms with Crippen molar-refractivity contribution >= 4 is 23.6 Å². The van der Waals surface area contributed by atoms with Crippen molar-refractivity contribution in [2.24, 2.45) is 11.8 Å². The van der Waals surface area contributed by atoms with Gasteiger partial charge in [0.15, 0.2) is 17.0 Å². The summed E-state index contributed by atoms with van der Waals surface area (Å²) in [6.45, 7) is 22.4. The molecule has 0 amide bonds. The normalized spacial score (nSPS) is 31.1. The molecule has 3 aliphatic heterocycles. The van der Waals surface area contributed by atoms with Crippen LogP contribution >= 0.6 is 0 Å². The maximum absolute atomic E-state index is 15.2. The van der Waals surface area contributed by atoms with Crippen LogP contribution in [0.5, 0.6) is 17.2 Å². The molecule has 6 atom stereocenters. The number of rotatable bonds is 10. The number of epoxide rings is 1. The quantitative estimate of drug-likeness (QED) is 0.142. The van der Waals surface area contributed by atoms with Crippen LogP contribution in [0.3, 0.4) is 0 Å². The fraction of sp³-hybridized carbons (Fsp3) is 0.585. The predicted molar refractivity (Wildman–Crippen MR) is 192 cm³/mol. The second-order valence-corrected chi connectivity index (χ2v) is 16.6. The number of phenols is 1. The fourth-order valence-corrected chi connectivity index (χ4v) is 7.97. The molecule has 3 heterocycles. The van der Waals surface area contributed by atoms with Gasteiger partial charge in [0.25, 0.3) is 0 Å². The van der Waals surface area contributed by atoms with E-state index in [4.69, 9.17) is 18.9 Å². The third-order valence-electron chi connectivity index (χ3n) is 10.6. The molecule has 1 saturated heterocycles. The monoisotopic (exact) mass is 690 g/mol. The number of carbonyl (C=O) groups is 3. The van der Waals surface area contributed by atoms with Gasteiger partial charge in [-0.1, -0.05) is 43.2 Å². The summed E-state index contributed by atoms with van der Waals surface area (Å²) in [6.07, 6.45) is 10.1. The van der Waals surface area contributed by atoms with Crippen molar-refractivity contribution in [2.75, 3.05) is 0 Å². The Balaban J connectivity index is 1.81. The number of fused-ring (bicyclic) bond motifs is 2. The molecular weight excluding hydrogens is 636 g/mol. The minimum Gasteiger partial charge on any atom is -0.506 e. The summed E-state index contributed by atoms with van der Waals surface area (Å²) in [5, 5.41) is 21.8. The lowest BCUT2D eigenvalue weighted by Crippen LogP contribution is -2.78. The third kappa shape index (κ3) is 5.84. The smallest absolute Gasteiger partial charge is 0.330 e. The van der Waals surface area contributed by atoms with Gasteiger partial charge in [0.05, 0.1) is 17.1 Å². The van der Waals surface area contributed by atoms with E-state index in [-0.39, 0.29) is 40.8 Å². The van der Waals surface area contributed by atoms with Crippen molar-refractivity contribution in [1.82, 2.24) is 0 Å². The van der Waals surface area contributed by atoms with E-state index >= 15 is 9.59 Å². The summed E-state index contributed by atoms with van der Waals surface area (Å²) in [5.74, 6) is -2.68. The van der Waals surface area contributed by atoms with Crippen LogP contribution in [0.25, 0.3) is 6.08 Å². The Morgan fingerprint density at radius 3 is 2.20 bits per heavy atom. The topological polar surface area (TPSA) is 132 Å². The van der Waals surface area contributed by atoms with Crippen LogP contribution in [0.4, 0.5) is 0 Å². The van der Waals surface area contributed by atoms with Crippen molar-refractivity contribution in [1.29, 1.82) is 0 Å². The van der Waals surface area contributed by atoms with Crippen LogP contribution < -0.4 is 9.47 Å². The molecule has 4 aliphatic rings. The van der Waals surface area contributed by atoms with E-state index in [2.05, 4.69) is 19.9 Å². The number of aromatic hydroxyl groups is 1. The SMILES string of the molecule is CC(C)=CCCC1(C)C=Cc2c(O)c3c(c(CC=C(C)C)c2O1)OC1(C)C(C/C=C(/C)C(=O)O)(OC(C)(C)C)C(=O)C(C(C)C)C2OC21C3=O. The zero-order valence-electron chi connectivity index (χ0n) is 31.7. The van der Waals surface area contributed by atoms with Gasteiger partial charge in [-0.05, 0) is 107 Å². The number of aliphatic carboxylic acids is 1. The first-order valence-electron chi connectivity index (χ1n) is 17.7. The molecule has 5 rings (SSSR count). The summed E-state index contributed by atoms with van der Waals surface area (Å²) in [7, 11) is 0. The molecule has 2 fully saturated rings. The Labute approximate surface area is 296 Å². The Bertz CT molecular complexity index is 1750. The van der Waals surface area contributed by atoms with Crippen molar-refractivity contribution in [3.8, 4) is 17.2 Å². The van der Waals surface area contributed by atoms with Crippen LogP contribution in [-0.2, 0) is 25.5 Å². The van der Waals surface area contributed by atoms with Crippen molar-refractivity contribution in [2.45, 2.75) is 143 Å². The lowest BCUT2D eigenvalue weighted by Gasteiger charge is -2.56. The van der Waals surface area contributed by atoms with Gasteiger partial charge in [-0.3, -0.25) is 9.59 Å². The average Bonchev–Trinajstić information content (AvgIpc) is 3.73. The van der Waals surface area contributed by atoms with Crippen molar-refractivity contribution in [3.63, 3.8) is 0 Å². The first-order valence-corrected chi connectivity index (χ1v) is 17.7. The number of carboxylic acid groups (broad SMARTS) is 1. The molecule has 272 valence electrons. The summed E-state index contributed by atoms with van der Waals surface area (Å²) < 4.78 is 27.2. The van der Waals surface area contributed by atoms with Gasteiger partial charge in [-0.25, -0.2) is 4.79 Å². The lowest BCUT2D eigenvalue weighted by molar-refractivity contribution is -0.230. The van der Waals surface area contributed by atoms with Gasteiger partial charge < -0.3 is 29.2 Å². The van der Waals surface area contributed by atoms with Crippen molar-refractivity contribution < 1.29 is 43.5 Å². The van der Waals surface area contributed by atoms with E-state index in [9.17, 15) is 15.0 Å². The summed E-state index contributed by atoms with van der Waals surface area (Å²) >= 11 is 0. The molecular formula is C41H54O9. The summed E-state index contributed by atoms with van der Waals surface area (Å²) in [5.41, 5.74) is -3.74. The van der Waals surface area contributed by atoms with Crippen LogP contribution in [-0.4, -0.2) is 61.9 Å². The first kappa shape index (κ1) is 37.6. The molecule has 0 bridgehead atoms. The molecule has 1 aliphatic carbocycles. The number of ketones is 2. The first-order chi connectivity index (χ1) is 23.1. The van der Waals surface area contributed by atoms with E-state index in [0.717, 1.165) is 12.0 Å². The Kier molecular flexibility index (Phi) is 9.40. The van der Waals surface area contributed by atoms with E-state index in [1.165, 1.54) is 18.6 Å². The van der Waals surface area contributed by atoms with Gasteiger partial charge >= 0.3 is 5.97 Å². The lowest BCUT2D eigenvalue weighted by atomic mass is 9.55. The molecule has 9 nitrogen and oxygen atoms in total. The third-order valence-corrected chi connectivity index (χ3v) is 10.6. The highest BCUT2D eigenvalue weighted by Gasteiger charge is 2.88. The summed E-state index contributed by atoms with van der Waals surface area (Å²) in [4.78, 5) is 42.2. The maximum Gasteiger partial charge on any atom is 0.330 e. The van der Waals surface area contributed by atoms with Crippen molar-refractivity contribution in [3.05, 3.63) is 57.7 Å². The molecule has 6 unspecified atom stereocenters.